The maximum absolute atomic E-state index is 11.9. The Balaban J connectivity index is 1.97. The summed E-state index contributed by atoms with van der Waals surface area (Å²) in [5.41, 5.74) is 6.88. The van der Waals surface area contributed by atoms with Crippen LogP contribution >= 0.6 is 0 Å². The fraction of sp³-hybridized carbons (Fsp3) is 0.0769. The van der Waals surface area contributed by atoms with Crippen LogP contribution in [0.4, 0.5) is 5.69 Å². The number of nitrogens with one attached hydrogen (secondary N) is 1. The Morgan fingerprint density at radius 2 is 1.63 bits per heavy atom. The number of nitrogen functional groups attached to an aromatic ring is 1. The zero-order valence-electron chi connectivity index (χ0n) is 10.1. The second-order valence-electron chi connectivity index (χ2n) is 3.93. The molecule has 0 unspecified atom stereocenters. The predicted molar refractivity (Wildman–Crippen MR) is 72.4 cm³/mol. The Kier molecular flexibility index (Phi) is 4.16. The lowest BCUT2D eigenvalue weighted by molar-refractivity contribution is 0.0795. The molecule has 2 aromatic rings. The average Bonchev–Trinajstić information content (AvgIpc) is 2.40. The van der Waals surface area contributed by atoms with Crippen molar-refractivity contribution in [1.82, 2.24) is 4.89 Å². The van der Waals surface area contributed by atoms with E-state index < -0.39 is 10.0 Å². The van der Waals surface area contributed by atoms with Crippen molar-refractivity contribution in [3.05, 3.63) is 60.2 Å². The largest absolute Gasteiger partial charge is 0.399 e. The van der Waals surface area contributed by atoms with Gasteiger partial charge in [0.05, 0.1) is 11.5 Å². The van der Waals surface area contributed by atoms with E-state index in [1.54, 1.807) is 0 Å². The molecule has 0 amide bonds. The topological polar surface area (TPSA) is 81.4 Å². The van der Waals surface area contributed by atoms with Gasteiger partial charge in [-0.15, -0.1) is 0 Å². The Labute approximate surface area is 112 Å². The van der Waals surface area contributed by atoms with Gasteiger partial charge in [0.15, 0.2) is 0 Å². The van der Waals surface area contributed by atoms with Gasteiger partial charge in [0.25, 0.3) is 10.0 Å². The normalized spacial score (nSPS) is 11.4. The SMILES string of the molecule is Nc1ccc(S(=O)(=O)NOCc2ccccc2)cc1. The third-order valence-electron chi connectivity index (χ3n) is 2.44. The summed E-state index contributed by atoms with van der Waals surface area (Å²) in [6, 6.07) is 15.2. The molecule has 0 aromatic heterocycles. The van der Waals surface area contributed by atoms with Crippen LogP contribution in [-0.2, 0) is 21.5 Å². The molecule has 6 heteroatoms. The minimum atomic E-state index is -3.67. The van der Waals surface area contributed by atoms with Gasteiger partial charge >= 0.3 is 0 Å². The summed E-state index contributed by atoms with van der Waals surface area (Å²) in [6.07, 6.45) is 0. The lowest BCUT2D eigenvalue weighted by atomic mass is 10.2. The zero-order chi connectivity index (χ0) is 13.7. The number of rotatable bonds is 5. The average molecular weight is 278 g/mol. The number of benzene rings is 2. The summed E-state index contributed by atoms with van der Waals surface area (Å²) >= 11 is 0. The fourth-order valence-corrected chi connectivity index (χ4v) is 2.26. The third-order valence-corrected chi connectivity index (χ3v) is 3.67. The van der Waals surface area contributed by atoms with E-state index in [4.69, 9.17) is 10.6 Å². The van der Waals surface area contributed by atoms with Crippen molar-refractivity contribution < 1.29 is 13.3 Å². The number of anilines is 1. The summed E-state index contributed by atoms with van der Waals surface area (Å²) in [4.78, 5) is 7.18. The van der Waals surface area contributed by atoms with Crippen LogP contribution in [0.15, 0.2) is 59.5 Å². The highest BCUT2D eigenvalue weighted by atomic mass is 32.2. The molecule has 100 valence electrons. The van der Waals surface area contributed by atoms with Crippen molar-refractivity contribution in [2.45, 2.75) is 11.5 Å². The van der Waals surface area contributed by atoms with Gasteiger partial charge in [-0.05, 0) is 29.8 Å². The molecule has 0 aliphatic rings. The van der Waals surface area contributed by atoms with Gasteiger partial charge in [-0.3, -0.25) is 4.84 Å². The second-order valence-corrected chi connectivity index (χ2v) is 5.58. The molecule has 3 N–H and O–H groups in total. The molecule has 0 bridgehead atoms. The van der Waals surface area contributed by atoms with Crippen LogP contribution in [0.3, 0.4) is 0 Å². The van der Waals surface area contributed by atoms with E-state index >= 15 is 0 Å². The first-order valence-electron chi connectivity index (χ1n) is 5.61. The highest BCUT2D eigenvalue weighted by molar-refractivity contribution is 7.89. The van der Waals surface area contributed by atoms with E-state index in [2.05, 4.69) is 4.89 Å². The molecule has 19 heavy (non-hydrogen) atoms. The molecule has 2 aromatic carbocycles. The van der Waals surface area contributed by atoms with Gasteiger partial charge in [0.2, 0.25) is 0 Å². The molecule has 0 saturated carbocycles. The van der Waals surface area contributed by atoms with Crippen molar-refractivity contribution >= 4 is 15.7 Å². The van der Waals surface area contributed by atoms with Crippen molar-refractivity contribution in [3.8, 4) is 0 Å². The third kappa shape index (κ3) is 3.78. The number of hydrogen-bond acceptors (Lipinski definition) is 4. The highest BCUT2D eigenvalue weighted by Crippen LogP contribution is 2.11. The predicted octanol–water partition coefficient (Wildman–Crippen LogP) is 1.68. The van der Waals surface area contributed by atoms with Gasteiger partial charge in [0.1, 0.15) is 0 Å². The first-order chi connectivity index (χ1) is 9.08. The first kappa shape index (κ1) is 13.5. The van der Waals surface area contributed by atoms with Crippen LogP contribution in [0.2, 0.25) is 0 Å². The van der Waals surface area contributed by atoms with Crippen LogP contribution in [0.5, 0.6) is 0 Å². The van der Waals surface area contributed by atoms with Crippen molar-refractivity contribution in [1.29, 1.82) is 0 Å². The Morgan fingerprint density at radius 1 is 1.00 bits per heavy atom. The van der Waals surface area contributed by atoms with Crippen molar-refractivity contribution in [3.63, 3.8) is 0 Å². The van der Waals surface area contributed by atoms with Gasteiger partial charge in [0, 0.05) is 5.69 Å². The molecular formula is C13H14N2O3S. The van der Waals surface area contributed by atoms with E-state index in [-0.39, 0.29) is 11.5 Å². The van der Waals surface area contributed by atoms with Gasteiger partial charge < -0.3 is 5.73 Å². The molecule has 0 atom stereocenters. The number of hydrogen-bond donors (Lipinski definition) is 2. The van der Waals surface area contributed by atoms with E-state index in [0.717, 1.165) is 5.56 Å². The monoisotopic (exact) mass is 278 g/mol. The Morgan fingerprint density at radius 3 is 2.26 bits per heavy atom. The first-order valence-corrected chi connectivity index (χ1v) is 7.09. The molecule has 0 saturated heterocycles. The molecule has 5 nitrogen and oxygen atoms in total. The van der Waals surface area contributed by atoms with E-state index in [9.17, 15) is 8.42 Å². The fourth-order valence-electron chi connectivity index (χ4n) is 1.46. The Bertz CT molecular complexity index is 625. The summed E-state index contributed by atoms with van der Waals surface area (Å²) in [5.74, 6) is 0. The minimum absolute atomic E-state index is 0.106. The van der Waals surface area contributed by atoms with E-state index in [0.29, 0.717) is 5.69 Å². The van der Waals surface area contributed by atoms with Crippen LogP contribution in [0.25, 0.3) is 0 Å². The van der Waals surface area contributed by atoms with Gasteiger partial charge in [-0.25, -0.2) is 8.42 Å². The molecule has 0 fully saturated rings. The van der Waals surface area contributed by atoms with Crippen LogP contribution in [0, 0.1) is 0 Å². The maximum Gasteiger partial charge on any atom is 0.262 e. The minimum Gasteiger partial charge on any atom is -0.399 e. The lowest BCUT2D eigenvalue weighted by Gasteiger charge is -2.07. The second kappa shape index (κ2) is 5.83. The molecular weight excluding hydrogens is 264 g/mol. The molecule has 0 spiro atoms. The molecule has 0 aliphatic heterocycles. The molecule has 0 aliphatic carbocycles. The lowest BCUT2D eigenvalue weighted by Crippen LogP contribution is -2.23. The van der Waals surface area contributed by atoms with Gasteiger partial charge in [-0.1, -0.05) is 35.2 Å². The molecule has 0 heterocycles. The van der Waals surface area contributed by atoms with E-state index in [1.807, 2.05) is 30.3 Å². The quantitative estimate of drug-likeness (QED) is 0.644. The number of sulfonamides is 1. The molecule has 0 radical (unpaired) electrons. The standard InChI is InChI=1S/C13H14N2O3S/c14-12-6-8-13(9-7-12)19(16,17)15-18-10-11-4-2-1-3-5-11/h1-9,15H,10,14H2. The van der Waals surface area contributed by atoms with Crippen LogP contribution in [-0.4, -0.2) is 8.42 Å². The van der Waals surface area contributed by atoms with Gasteiger partial charge in [-0.2, -0.15) is 0 Å². The summed E-state index contributed by atoms with van der Waals surface area (Å²) in [6.45, 7) is 0.162. The Hall–Kier alpha value is -1.89. The summed E-state index contributed by atoms with van der Waals surface area (Å²) in [5, 5.41) is 0. The zero-order valence-corrected chi connectivity index (χ0v) is 10.9. The maximum atomic E-state index is 11.9. The van der Waals surface area contributed by atoms with E-state index in [1.165, 1.54) is 24.3 Å². The molecule has 2 rings (SSSR count). The number of nitrogens with two attached hydrogens (primary N) is 1. The van der Waals surface area contributed by atoms with Crippen molar-refractivity contribution in [2.75, 3.05) is 5.73 Å². The van der Waals surface area contributed by atoms with Crippen LogP contribution < -0.4 is 10.6 Å². The summed E-state index contributed by atoms with van der Waals surface area (Å²) in [7, 11) is -3.67. The van der Waals surface area contributed by atoms with Crippen LogP contribution in [0.1, 0.15) is 5.56 Å². The van der Waals surface area contributed by atoms with Crippen molar-refractivity contribution in [2.24, 2.45) is 0 Å². The smallest absolute Gasteiger partial charge is 0.262 e. The highest BCUT2D eigenvalue weighted by Gasteiger charge is 2.13. The summed E-state index contributed by atoms with van der Waals surface area (Å²) < 4.78 is 23.7.